The van der Waals surface area contributed by atoms with Crippen molar-refractivity contribution in [3.8, 4) is 17.2 Å². The van der Waals surface area contributed by atoms with Crippen LogP contribution in [0, 0.1) is 11.5 Å². The van der Waals surface area contributed by atoms with Crippen molar-refractivity contribution in [3.63, 3.8) is 0 Å². The van der Waals surface area contributed by atoms with Gasteiger partial charge in [-0.3, -0.25) is 4.79 Å². The summed E-state index contributed by atoms with van der Waals surface area (Å²) >= 11 is 0. The lowest BCUT2D eigenvalue weighted by Crippen LogP contribution is -2.35. The van der Waals surface area contributed by atoms with Crippen LogP contribution >= 0.6 is 0 Å². The smallest absolute Gasteiger partial charge is 0.170 e. The Balaban J connectivity index is 2.38. The first-order valence-corrected chi connectivity index (χ1v) is 10.1. The monoisotopic (exact) mass is 272 g/mol. The highest BCUT2D eigenvalue weighted by molar-refractivity contribution is 6.83. The molecule has 1 aliphatic rings. The second kappa shape index (κ2) is 4.54. The fourth-order valence-electron chi connectivity index (χ4n) is 1.99. The Morgan fingerprint density at radius 3 is 2.58 bits per heavy atom. The zero-order valence-corrected chi connectivity index (χ0v) is 13.3. The van der Waals surface area contributed by atoms with Gasteiger partial charge in [0, 0.05) is 5.56 Å². The zero-order valence-electron chi connectivity index (χ0n) is 12.3. The molecule has 0 saturated heterocycles. The molecule has 0 spiro atoms. The standard InChI is InChI=1S/C16H20O2Si/c1-16(2)11-14(17)13-7-6-12(10-15(13)18-16)8-9-19(3,4)5/h6-7,10H,11H2,1-5H3. The highest BCUT2D eigenvalue weighted by Gasteiger charge is 2.32. The van der Waals surface area contributed by atoms with Crippen LogP contribution in [0.25, 0.3) is 0 Å². The largest absolute Gasteiger partial charge is 0.487 e. The molecular weight excluding hydrogens is 252 g/mol. The van der Waals surface area contributed by atoms with E-state index in [1.54, 1.807) is 0 Å². The Hall–Kier alpha value is -1.53. The van der Waals surface area contributed by atoms with Crippen LogP contribution in [-0.4, -0.2) is 19.5 Å². The SMILES string of the molecule is CC1(C)CC(=O)c2ccc(C#C[Si](C)(C)C)cc2O1. The molecular formula is C16H20O2Si. The van der Waals surface area contributed by atoms with E-state index in [-0.39, 0.29) is 5.78 Å². The second-order valence-corrected chi connectivity index (χ2v) is 11.4. The third kappa shape index (κ3) is 3.48. The van der Waals surface area contributed by atoms with Crippen molar-refractivity contribution in [1.29, 1.82) is 0 Å². The molecule has 0 amide bonds. The van der Waals surface area contributed by atoms with E-state index in [4.69, 9.17) is 4.74 Å². The molecule has 2 rings (SSSR count). The van der Waals surface area contributed by atoms with Crippen molar-refractivity contribution >= 4 is 13.9 Å². The summed E-state index contributed by atoms with van der Waals surface area (Å²) in [7, 11) is -1.39. The van der Waals surface area contributed by atoms with Crippen LogP contribution in [0.1, 0.15) is 36.2 Å². The quantitative estimate of drug-likeness (QED) is 0.532. The van der Waals surface area contributed by atoms with Crippen molar-refractivity contribution in [1.82, 2.24) is 0 Å². The molecule has 1 heterocycles. The van der Waals surface area contributed by atoms with E-state index >= 15 is 0 Å². The van der Waals surface area contributed by atoms with Crippen LogP contribution in [0.3, 0.4) is 0 Å². The van der Waals surface area contributed by atoms with Crippen LogP contribution in [0.4, 0.5) is 0 Å². The highest BCUT2D eigenvalue weighted by Crippen LogP contribution is 2.33. The first-order chi connectivity index (χ1) is 8.66. The Bertz CT molecular complexity index is 583. The number of ether oxygens (including phenoxy) is 1. The van der Waals surface area contributed by atoms with E-state index in [1.165, 1.54) is 0 Å². The van der Waals surface area contributed by atoms with Crippen LogP contribution in [0.15, 0.2) is 18.2 Å². The molecule has 19 heavy (non-hydrogen) atoms. The number of ketones is 1. The van der Waals surface area contributed by atoms with Gasteiger partial charge in [0.05, 0.1) is 12.0 Å². The van der Waals surface area contributed by atoms with Gasteiger partial charge in [0.25, 0.3) is 0 Å². The minimum absolute atomic E-state index is 0.149. The molecule has 0 aromatic heterocycles. The fourth-order valence-corrected chi connectivity index (χ4v) is 2.51. The van der Waals surface area contributed by atoms with Gasteiger partial charge >= 0.3 is 0 Å². The number of benzene rings is 1. The van der Waals surface area contributed by atoms with Gasteiger partial charge in [-0.1, -0.05) is 25.6 Å². The van der Waals surface area contributed by atoms with Crippen LogP contribution in [-0.2, 0) is 0 Å². The first kappa shape index (κ1) is 13.9. The highest BCUT2D eigenvalue weighted by atomic mass is 28.3. The molecule has 1 aromatic rings. The van der Waals surface area contributed by atoms with Gasteiger partial charge in [-0.05, 0) is 32.0 Å². The number of hydrogen-bond acceptors (Lipinski definition) is 2. The van der Waals surface area contributed by atoms with Gasteiger partial charge in [0.2, 0.25) is 0 Å². The Kier molecular flexibility index (Phi) is 3.32. The minimum Gasteiger partial charge on any atom is -0.487 e. The van der Waals surface area contributed by atoms with Crippen LogP contribution in [0.2, 0.25) is 19.6 Å². The molecule has 0 saturated carbocycles. The Morgan fingerprint density at radius 2 is 1.95 bits per heavy atom. The molecule has 0 atom stereocenters. The van der Waals surface area contributed by atoms with Gasteiger partial charge in [-0.15, -0.1) is 5.54 Å². The van der Waals surface area contributed by atoms with Gasteiger partial charge in [0.15, 0.2) is 5.78 Å². The number of carbonyl (C=O) groups excluding carboxylic acids is 1. The molecule has 1 aliphatic heterocycles. The molecule has 1 aromatic carbocycles. The molecule has 0 bridgehead atoms. The van der Waals surface area contributed by atoms with Crippen molar-refractivity contribution in [2.75, 3.05) is 0 Å². The van der Waals surface area contributed by atoms with Crippen molar-refractivity contribution in [3.05, 3.63) is 29.3 Å². The molecule has 2 nitrogen and oxygen atoms in total. The number of rotatable bonds is 0. The Labute approximate surface area is 116 Å². The predicted molar refractivity (Wildman–Crippen MR) is 80.3 cm³/mol. The number of hydrogen-bond donors (Lipinski definition) is 0. The summed E-state index contributed by atoms with van der Waals surface area (Å²) in [6.07, 6.45) is 0.430. The first-order valence-electron chi connectivity index (χ1n) is 6.56. The average molecular weight is 272 g/mol. The maximum atomic E-state index is 12.0. The molecule has 0 aliphatic carbocycles. The van der Waals surface area contributed by atoms with E-state index in [0.29, 0.717) is 17.7 Å². The third-order valence-corrected chi connectivity index (χ3v) is 3.71. The average Bonchev–Trinajstić information content (AvgIpc) is 2.23. The maximum absolute atomic E-state index is 12.0. The van der Waals surface area contributed by atoms with Crippen molar-refractivity contribution < 1.29 is 9.53 Å². The third-order valence-electron chi connectivity index (χ3n) is 2.84. The van der Waals surface area contributed by atoms with E-state index in [0.717, 1.165) is 5.56 Å². The summed E-state index contributed by atoms with van der Waals surface area (Å²) in [4.78, 5) is 12.0. The van der Waals surface area contributed by atoms with Crippen molar-refractivity contribution in [2.24, 2.45) is 0 Å². The fraction of sp³-hybridized carbons (Fsp3) is 0.438. The van der Waals surface area contributed by atoms with Crippen LogP contribution < -0.4 is 4.74 Å². The summed E-state index contributed by atoms with van der Waals surface area (Å²) in [5.41, 5.74) is 4.51. The Morgan fingerprint density at radius 1 is 1.26 bits per heavy atom. The molecule has 100 valence electrons. The zero-order chi connectivity index (χ0) is 14.3. The number of Topliss-reactive ketones (excluding diaryl/α,β-unsaturated/α-hetero) is 1. The van der Waals surface area contributed by atoms with Gasteiger partial charge < -0.3 is 4.74 Å². The molecule has 3 heteroatoms. The van der Waals surface area contributed by atoms with E-state index in [1.807, 2.05) is 32.0 Å². The summed E-state index contributed by atoms with van der Waals surface area (Å²) in [6.45, 7) is 10.5. The van der Waals surface area contributed by atoms with Gasteiger partial charge in [-0.25, -0.2) is 0 Å². The van der Waals surface area contributed by atoms with E-state index in [2.05, 4.69) is 31.1 Å². The summed E-state index contributed by atoms with van der Waals surface area (Å²) in [6, 6.07) is 5.63. The van der Waals surface area contributed by atoms with Gasteiger partial charge in [0.1, 0.15) is 19.4 Å². The van der Waals surface area contributed by atoms with Crippen molar-refractivity contribution in [2.45, 2.75) is 45.5 Å². The predicted octanol–water partition coefficient (Wildman–Crippen LogP) is 3.66. The molecule has 0 fully saturated rings. The van der Waals surface area contributed by atoms with E-state index in [9.17, 15) is 4.79 Å². The summed E-state index contributed by atoms with van der Waals surface area (Å²) < 4.78 is 5.89. The lowest BCUT2D eigenvalue weighted by molar-refractivity contribution is 0.0620. The molecule has 0 unspecified atom stereocenters. The van der Waals surface area contributed by atoms with Gasteiger partial charge in [-0.2, -0.15) is 0 Å². The molecule has 0 radical (unpaired) electrons. The normalized spacial score (nSPS) is 17.0. The lowest BCUT2D eigenvalue weighted by atomic mass is 9.92. The maximum Gasteiger partial charge on any atom is 0.170 e. The number of carbonyl (C=O) groups is 1. The minimum atomic E-state index is -1.39. The number of fused-ring (bicyclic) bond motifs is 1. The second-order valence-electron chi connectivity index (χ2n) is 6.67. The topological polar surface area (TPSA) is 26.3 Å². The molecule has 0 N–H and O–H groups in total. The summed E-state index contributed by atoms with van der Waals surface area (Å²) in [5.74, 6) is 4.02. The van der Waals surface area contributed by atoms with E-state index < -0.39 is 13.7 Å². The lowest BCUT2D eigenvalue weighted by Gasteiger charge is -2.31. The van der Waals surface area contributed by atoms with Crippen LogP contribution in [0.5, 0.6) is 5.75 Å². The summed E-state index contributed by atoms with van der Waals surface area (Å²) in [5, 5.41) is 0.